The van der Waals surface area contributed by atoms with Crippen molar-refractivity contribution in [3.63, 3.8) is 0 Å². The number of hydrogen-bond donors (Lipinski definition) is 0. The summed E-state index contributed by atoms with van der Waals surface area (Å²) in [5.41, 5.74) is 5.69. The first-order chi connectivity index (χ1) is 9.84. The Hall–Kier alpha value is -1.76. The van der Waals surface area contributed by atoms with Gasteiger partial charge in [0.15, 0.2) is 0 Å². The zero-order chi connectivity index (χ0) is 15.0. The van der Waals surface area contributed by atoms with Gasteiger partial charge in [-0.05, 0) is 29.2 Å². The molecule has 0 aliphatic carbocycles. The topological polar surface area (TPSA) is 3.24 Å². The maximum atomic E-state index is 2.33. The average Bonchev–Trinajstić information content (AvgIpc) is 2.67. The van der Waals surface area contributed by atoms with Crippen LogP contribution in [0.2, 0.25) is 0 Å². The molecule has 0 aromatic heterocycles. The molecule has 0 saturated heterocycles. The standard InChI is InChI=1S/C15H15N.2C2H6/c1-16-11-14-8-3-2-6-12(14)10-13-7-4-5-9-15(13)16;2*1-2/h2-9H,10-11H2,1H3;2*1-2H3. The van der Waals surface area contributed by atoms with Crippen molar-refractivity contribution in [2.75, 3.05) is 11.9 Å². The quantitative estimate of drug-likeness (QED) is 0.629. The Morgan fingerprint density at radius 1 is 0.700 bits per heavy atom. The van der Waals surface area contributed by atoms with E-state index in [1.54, 1.807) is 0 Å². The van der Waals surface area contributed by atoms with Crippen LogP contribution in [0.15, 0.2) is 48.5 Å². The number of anilines is 1. The van der Waals surface area contributed by atoms with Crippen LogP contribution in [0.4, 0.5) is 5.69 Å². The minimum absolute atomic E-state index is 1.01. The molecule has 3 rings (SSSR count). The van der Waals surface area contributed by atoms with Crippen molar-refractivity contribution in [3.05, 3.63) is 65.2 Å². The largest absolute Gasteiger partial charge is 0.370 e. The smallest absolute Gasteiger partial charge is 0.0429 e. The first-order valence-electron chi connectivity index (χ1n) is 7.70. The highest BCUT2D eigenvalue weighted by atomic mass is 15.1. The zero-order valence-corrected chi connectivity index (χ0v) is 13.5. The van der Waals surface area contributed by atoms with Crippen molar-refractivity contribution in [1.29, 1.82) is 0 Å². The molecule has 1 heteroatoms. The molecule has 1 aliphatic heterocycles. The van der Waals surface area contributed by atoms with E-state index in [1.807, 2.05) is 27.7 Å². The molecule has 108 valence electrons. The second-order valence-electron chi connectivity index (χ2n) is 4.43. The lowest BCUT2D eigenvalue weighted by atomic mass is 10.0. The van der Waals surface area contributed by atoms with Crippen molar-refractivity contribution < 1.29 is 0 Å². The third-order valence-corrected chi connectivity index (χ3v) is 3.31. The molecule has 0 bridgehead atoms. The average molecular weight is 269 g/mol. The van der Waals surface area contributed by atoms with Gasteiger partial charge in [-0.15, -0.1) is 0 Å². The fraction of sp³-hybridized carbons (Fsp3) is 0.368. The van der Waals surface area contributed by atoms with Gasteiger partial charge in [-0.25, -0.2) is 0 Å². The Morgan fingerprint density at radius 3 is 1.85 bits per heavy atom. The lowest BCUT2D eigenvalue weighted by molar-refractivity contribution is 0.926. The molecule has 2 aromatic carbocycles. The van der Waals surface area contributed by atoms with Crippen LogP contribution in [0.1, 0.15) is 44.4 Å². The Balaban J connectivity index is 0.000000461. The third-order valence-electron chi connectivity index (χ3n) is 3.31. The number of hydrogen-bond acceptors (Lipinski definition) is 1. The van der Waals surface area contributed by atoms with Gasteiger partial charge < -0.3 is 4.90 Å². The van der Waals surface area contributed by atoms with E-state index in [9.17, 15) is 0 Å². The predicted molar refractivity (Wildman–Crippen MR) is 90.5 cm³/mol. The first-order valence-corrected chi connectivity index (χ1v) is 7.70. The summed E-state index contributed by atoms with van der Waals surface area (Å²) in [6, 6.07) is 17.4. The highest BCUT2D eigenvalue weighted by molar-refractivity contribution is 5.57. The molecular weight excluding hydrogens is 242 g/mol. The molecule has 0 unspecified atom stereocenters. The lowest BCUT2D eigenvalue weighted by Crippen LogP contribution is -2.16. The number of nitrogens with zero attached hydrogens (tertiary/aromatic N) is 1. The van der Waals surface area contributed by atoms with Gasteiger partial charge in [0, 0.05) is 19.3 Å². The van der Waals surface area contributed by atoms with Gasteiger partial charge in [0.25, 0.3) is 0 Å². The summed E-state index contributed by atoms with van der Waals surface area (Å²) in [4.78, 5) is 2.33. The Labute approximate surface area is 124 Å². The normalized spacial score (nSPS) is 11.8. The predicted octanol–water partition coefficient (Wildman–Crippen LogP) is 5.28. The molecule has 1 nitrogen and oxygen atoms in total. The van der Waals surface area contributed by atoms with E-state index in [0.29, 0.717) is 0 Å². The Morgan fingerprint density at radius 2 is 1.20 bits per heavy atom. The summed E-state index contributed by atoms with van der Waals surface area (Å²) in [7, 11) is 2.17. The molecule has 0 amide bonds. The number of fused-ring (bicyclic) bond motifs is 2. The summed E-state index contributed by atoms with van der Waals surface area (Å²) in [5.74, 6) is 0. The van der Waals surface area contributed by atoms with Crippen molar-refractivity contribution >= 4 is 5.69 Å². The summed E-state index contributed by atoms with van der Waals surface area (Å²) in [6.07, 6.45) is 1.05. The summed E-state index contributed by atoms with van der Waals surface area (Å²) < 4.78 is 0. The molecule has 1 heterocycles. The third kappa shape index (κ3) is 3.63. The van der Waals surface area contributed by atoms with Gasteiger partial charge in [-0.1, -0.05) is 70.2 Å². The molecule has 1 aliphatic rings. The van der Waals surface area contributed by atoms with E-state index >= 15 is 0 Å². The second kappa shape index (κ2) is 8.42. The van der Waals surface area contributed by atoms with E-state index in [1.165, 1.54) is 22.4 Å². The Bertz CT molecular complexity index is 517. The molecule has 2 aromatic rings. The van der Waals surface area contributed by atoms with Crippen molar-refractivity contribution in [2.45, 2.75) is 40.7 Å². The molecular formula is C19H27N. The van der Waals surface area contributed by atoms with Gasteiger partial charge in [-0.2, -0.15) is 0 Å². The summed E-state index contributed by atoms with van der Waals surface area (Å²) >= 11 is 0. The van der Waals surface area contributed by atoms with Crippen LogP contribution in [0, 0.1) is 0 Å². The van der Waals surface area contributed by atoms with Crippen LogP contribution >= 0.6 is 0 Å². The summed E-state index contributed by atoms with van der Waals surface area (Å²) in [5, 5.41) is 0. The van der Waals surface area contributed by atoms with Crippen LogP contribution in [-0.2, 0) is 13.0 Å². The number of para-hydroxylation sites is 1. The highest BCUT2D eigenvalue weighted by Crippen LogP contribution is 2.28. The van der Waals surface area contributed by atoms with E-state index in [4.69, 9.17) is 0 Å². The fourth-order valence-corrected chi connectivity index (χ4v) is 2.46. The molecule has 0 fully saturated rings. The van der Waals surface area contributed by atoms with E-state index in [2.05, 4.69) is 60.5 Å². The zero-order valence-electron chi connectivity index (χ0n) is 13.5. The SMILES string of the molecule is CC.CC.CN1Cc2ccccc2Cc2ccccc21. The maximum absolute atomic E-state index is 2.33. The fourth-order valence-electron chi connectivity index (χ4n) is 2.46. The number of rotatable bonds is 0. The molecule has 0 saturated carbocycles. The molecule has 0 spiro atoms. The van der Waals surface area contributed by atoms with Crippen LogP contribution < -0.4 is 4.90 Å². The van der Waals surface area contributed by atoms with E-state index < -0.39 is 0 Å². The van der Waals surface area contributed by atoms with Gasteiger partial charge >= 0.3 is 0 Å². The van der Waals surface area contributed by atoms with Crippen LogP contribution in [0.25, 0.3) is 0 Å². The van der Waals surface area contributed by atoms with Crippen molar-refractivity contribution in [3.8, 4) is 0 Å². The van der Waals surface area contributed by atoms with Crippen LogP contribution in [-0.4, -0.2) is 7.05 Å². The first kappa shape index (κ1) is 16.3. The minimum atomic E-state index is 1.01. The van der Waals surface area contributed by atoms with Gasteiger partial charge in [0.1, 0.15) is 0 Å². The van der Waals surface area contributed by atoms with E-state index in [0.717, 1.165) is 13.0 Å². The molecule has 20 heavy (non-hydrogen) atoms. The maximum Gasteiger partial charge on any atom is 0.0429 e. The molecule has 0 radical (unpaired) electrons. The summed E-state index contributed by atoms with van der Waals surface area (Å²) in [6.45, 7) is 9.01. The molecule has 0 N–H and O–H groups in total. The van der Waals surface area contributed by atoms with Crippen LogP contribution in [0.3, 0.4) is 0 Å². The van der Waals surface area contributed by atoms with Gasteiger partial charge in [0.2, 0.25) is 0 Å². The molecule has 0 atom stereocenters. The number of benzene rings is 2. The van der Waals surface area contributed by atoms with Crippen molar-refractivity contribution in [2.24, 2.45) is 0 Å². The monoisotopic (exact) mass is 269 g/mol. The lowest BCUT2D eigenvalue weighted by Gasteiger charge is -2.19. The van der Waals surface area contributed by atoms with Gasteiger partial charge in [-0.3, -0.25) is 0 Å². The van der Waals surface area contributed by atoms with Gasteiger partial charge in [0.05, 0.1) is 0 Å². The second-order valence-corrected chi connectivity index (χ2v) is 4.43. The van der Waals surface area contributed by atoms with Crippen LogP contribution in [0.5, 0.6) is 0 Å². The minimum Gasteiger partial charge on any atom is -0.370 e. The Kier molecular flexibility index (Phi) is 6.86. The highest BCUT2D eigenvalue weighted by Gasteiger charge is 2.15. The van der Waals surface area contributed by atoms with Crippen molar-refractivity contribution in [1.82, 2.24) is 0 Å². The van der Waals surface area contributed by atoms with E-state index in [-0.39, 0.29) is 0 Å².